The second-order valence-electron chi connectivity index (χ2n) is 5.75. The van der Waals surface area contributed by atoms with E-state index in [1.807, 2.05) is 6.92 Å². The van der Waals surface area contributed by atoms with Crippen LogP contribution in [0.3, 0.4) is 0 Å². The smallest absolute Gasteiger partial charge is 0.230 e. The number of rotatable bonds is 2. The molecule has 2 amide bonds. The van der Waals surface area contributed by atoms with Gasteiger partial charge in [-0.15, -0.1) is 0 Å². The number of carbonyl (C=O) groups excluding carboxylic acids is 2. The molecule has 0 bridgehead atoms. The lowest BCUT2D eigenvalue weighted by molar-refractivity contribution is -0.167. The Morgan fingerprint density at radius 3 is 1.81 bits per heavy atom. The summed E-state index contributed by atoms with van der Waals surface area (Å²) in [5.74, 6) is -0.263. The molecule has 0 aromatic heterocycles. The van der Waals surface area contributed by atoms with E-state index >= 15 is 0 Å². The molecule has 1 aliphatic heterocycles. The quantitative estimate of drug-likeness (QED) is 0.724. The van der Waals surface area contributed by atoms with E-state index in [1.165, 1.54) is 4.90 Å². The zero-order valence-electron chi connectivity index (χ0n) is 10.7. The summed E-state index contributed by atoms with van der Waals surface area (Å²) in [4.78, 5) is 25.0. The third-order valence-electron chi connectivity index (χ3n) is 3.60. The number of carbonyl (C=O) groups is 2. The predicted octanol–water partition coefficient (Wildman–Crippen LogP) is 1.32. The summed E-state index contributed by atoms with van der Waals surface area (Å²) in [7, 11) is 0. The standard InChI is InChI=1S/C12H21NO3/c1-8-6-9(14)13(10(15)7-8)11(2,3)12(4,5)16/h8,16H,6-7H2,1-5H3. The summed E-state index contributed by atoms with van der Waals surface area (Å²) in [5, 5.41) is 10.1. The number of aliphatic hydroxyl groups is 1. The van der Waals surface area contributed by atoms with Gasteiger partial charge in [0.25, 0.3) is 0 Å². The molecule has 0 atom stereocenters. The molecule has 0 unspecified atom stereocenters. The number of imide groups is 1. The highest BCUT2D eigenvalue weighted by atomic mass is 16.3. The van der Waals surface area contributed by atoms with Crippen LogP contribution >= 0.6 is 0 Å². The molecule has 1 N–H and O–H groups in total. The molecule has 4 nitrogen and oxygen atoms in total. The van der Waals surface area contributed by atoms with E-state index in [-0.39, 0.29) is 17.7 Å². The Morgan fingerprint density at radius 1 is 1.12 bits per heavy atom. The van der Waals surface area contributed by atoms with Gasteiger partial charge < -0.3 is 5.11 Å². The minimum absolute atomic E-state index is 0.105. The van der Waals surface area contributed by atoms with Gasteiger partial charge in [-0.3, -0.25) is 14.5 Å². The predicted molar refractivity (Wildman–Crippen MR) is 60.6 cm³/mol. The van der Waals surface area contributed by atoms with Crippen LogP contribution in [0.15, 0.2) is 0 Å². The zero-order chi connectivity index (χ0) is 12.7. The molecule has 0 aliphatic carbocycles. The Hall–Kier alpha value is -0.900. The molecule has 1 saturated heterocycles. The van der Waals surface area contributed by atoms with E-state index in [4.69, 9.17) is 0 Å². The van der Waals surface area contributed by atoms with E-state index < -0.39 is 11.1 Å². The normalized spacial score (nSPS) is 20.5. The SMILES string of the molecule is CC1CC(=O)N(C(C)(C)C(C)(C)O)C(=O)C1. The van der Waals surface area contributed by atoms with Crippen LogP contribution in [0.4, 0.5) is 0 Å². The summed E-state index contributed by atoms with van der Waals surface area (Å²) in [6.45, 7) is 8.57. The molecule has 0 spiro atoms. The van der Waals surface area contributed by atoms with Gasteiger partial charge in [-0.05, 0) is 33.6 Å². The highest BCUT2D eigenvalue weighted by molar-refractivity contribution is 5.98. The van der Waals surface area contributed by atoms with Gasteiger partial charge in [0.2, 0.25) is 11.8 Å². The van der Waals surface area contributed by atoms with Crippen molar-refractivity contribution in [1.82, 2.24) is 4.90 Å². The van der Waals surface area contributed by atoms with Gasteiger partial charge in [-0.25, -0.2) is 0 Å². The molecule has 1 fully saturated rings. The number of nitrogens with zero attached hydrogens (tertiary/aromatic N) is 1. The van der Waals surface area contributed by atoms with Crippen LogP contribution < -0.4 is 0 Å². The van der Waals surface area contributed by atoms with Gasteiger partial charge >= 0.3 is 0 Å². The maximum absolute atomic E-state index is 11.9. The Labute approximate surface area is 96.6 Å². The van der Waals surface area contributed by atoms with Crippen molar-refractivity contribution in [1.29, 1.82) is 0 Å². The number of hydrogen-bond acceptors (Lipinski definition) is 3. The summed E-state index contributed by atoms with van der Waals surface area (Å²) in [5.41, 5.74) is -1.99. The molecule has 1 rings (SSSR count). The molecular weight excluding hydrogens is 206 g/mol. The Balaban J connectivity index is 3.04. The Bertz CT molecular complexity index is 297. The van der Waals surface area contributed by atoms with Crippen LogP contribution in [0.2, 0.25) is 0 Å². The minimum Gasteiger partial charge on any atom is -0.388 e. The van der Waals surface area contributed by atoms with Crippen molar-refractivity contribution in [3.63, 3.8) is 0 Å². The van der Waals surface area contributed by atoms with E-state index in [0.717, 1.165) is 0 Å². The molecular formula is C12H21NO3. The van der Waals surface area contributed by atoms with Crippen LogP contribution in [0, 0.1) is 5.92 Å². The second-order valence-corrected chi connectivity index (χ2v) is 5.75. The molecule has 1 heterocycles. The summed E-state index contributed by atoms with van der Waals surface area (Å²) in [6, 6.07) is 0. The van der Waals surface area contributed by atoms with Crippen molar-refractivity contribution in [3.05, 3.63) is 0 Å². The molecule has 0 aromatic carbocycles. The van der Waals surface area contributed by atoms with Crippen molar-refractivity contribution in [2.24, 2.45) is 5.92 Å². The van der Waals surface area contributed by atoms with Gasteiger partial charge in [0.15, 0.2) is 0 Å². The Kier molecular flexibility index (Phi) is 3.16. The fourth-order valence-electron chi connectivity index (χ4n) is 1.89. The summed E-state index contributed by atoms with van der Waals surface area (Å²) in [6.07, 6.45) is 0.760. The molecule has 16 heavy (non-hydrogen) atoms. The molecule has 0 radical (unpaired) electrons. The van der Waals surface area contributed by atoms with Crippen LogP contribution in [0.5, 0.6) is 0 Å². The largest absolute Gasteiger partial charge is 0.388 e. The first kappa shape index (κ1) is 13.2. The van der Waals surface area contributed by atoms with Crippen molar-refractivity contribution < 1.29 is 14.7 Å². The summed E-state index contributed by atoms with van der Waals surface area (Å²) < 4.78 is 0. The zero-order valence-corrected chi connectivity index (χ0v) is 10.7. The number of hydrogen-bond donors (Lipinski definition) is 1. The number of likely N-dealkylation sites (tertiary alicyclic amines) is 1. The maximum Gasteiger partial charge on any atom is 0.230 e. The van der Waals surface area contributed by atoms with Gasteiger partial charge in [0, 0.05) is 12.8 Å². The molecule has 92 valence electrons. The van der Waals surface area contributed by atoms with E-state index in [0.29, 0.717) is 12.8 Å². The van der Waals surface area contributed by atoms with E-state index in [1.54, 1.807) is 27.7 Å². The maximum atomic E-state index is 11.9. The lowest BCUT2D eigenvalue weighted by Gasteiger charge is -2.47. The van der Waals surface area contributed by atoms with Crippen LogP contribution in [-0.4, -0.2) is 33.0 Å². The fourth-order valence-corrected chi connectivity index (χ4v) is 1.89. The van der Waals surface area contributed by atoms with Gasteiger partial charge in [0.1, 0.15) is 0 Å². The number of amides is 2. The highest BCUT2D eigenvalue weighted by Crippen LogP contribution is 2.33. The van der Waals surface area contributed by atoms with E-state index in [2.05, 4.69) is 0 Å². The lowest BCUT2D eigenvalue weighted by Crippen LogP contribution is -2.63. The highest BCUT2D eigenvalue weighted by Gasteiger charge is 2.47. The van der Waals surface area contributed by atoms with Crippen molar-refractivity contribution >= 4 is 11.8 Å². The average molecular weight is 227 g/mol. The first-order valence-electron chi connectivity index (χ1n) is 5.65. The summed E-state index contributed by atoms with van der Waals surface area (Å²) >= 11 is 0. The molecule has 1 aliphatic rings. The van der Waals surface area contributed by atoms with Crippen molar-refractivity contribution in [3.8, 4) is 0 Å². The van der Waals surface area contributed by atoms with Gasteiger partial charge in [-0.2, -0.15) is 0 Å². The van der Waals surface area contributed by atoms with Crippen molar-refractivity contribution in [2.75, 3.05) is 0 Å². The first-order valence-corrected chi connectivity index (χ1v) is 5.65. The molecule has 0 aromatic rings. The topological polar surface area (TPSA) is 57.6 Å². The van der Waals surface area contributed by atoms with Gasteiger partial charge in [0.05, 0.1) is 11.1 Å². The lowest BCUT2D eigenvalue weighted by atomic mass is 9.81. The van der Waals surface area contributed by atoms with E-state index in [9.17, 15) is 14.7 Å². The molecule has 0 saturated carbocycles. The van der Waals surface area contributed by atoms with Gasteiger partial charge in [-0.1, -0.05) is 6.92 Å². The van der Waals surface area contributed by atoms with Crippen LogP contribution in [0.1, 0.15) is 47.5 Å². The van der Waals surface area contributed by atoms with Crippen molar-refractivity contribution in [2.45, 2.75) is 58.6 Å². The second kappa shape index (κ2) is 3.84. The Morgan fingerprint density at radius 2 is 1.50 bits per heavy atom. The minimum atomic E-state index is -1.11. The monoisotopic (exact) mass is 227 g/mol. The fraction of sp³-hybridized carbons (Fsp3) is 0.833. The third-order valence-corrected chi connectivity index (χ3v) is 3.60. The number of piperidine rings is 1. The van der Waals surface area contributed by atoms with Crippen LogP contribution in [0.25, 0.3) is 0 Å². The molecule has 4 heteroatoms. The third kappa shape index (κ3) is 2.12. The first-order chi connectivity index (χ1) is 7.07. The average Bonchev–Trinajstić information content (AvgIpc) is 1.97. The van der Waals surface area contributed by atoms with Crippen LogP contribution in [-0.2, 0) is 9.59 Å².